The predicted octanol–water partition coefficient (Wildman–Crippen LogP) is 5.91. The van der Waals surface area contributed by atoms with Gasteiger partial charge in [0, 0.05) is 9.89 Å². The minimum absolute atomic E-state index is 0.0349. The van der Waals surface area contributed by atoms with Crippen LogP contribution in [-0.2, 0) is 10.2 Å². The summed E-state index contributed by atoms with van der Waals surface area (Å²) in [7, 11) is 0. The van der Waals surface area contributed by atoms with Crippen LogP contribution >= 0.6 is 15.9 Å². The summed E-state index contributed by atoms with van der Waals surface area (Å²) in [5.41, 5.74) is 9.08. The van der Waals surface area contributed by atoms with E-state index in [9.17, 15) is 4.79 Å². The van der Waals surface area contributed by atoms with Crippen molar-refractivity contribution in [3.05, 3.63) is 105 Å². The zero-order chi connectivity index (χ0) is 21.3. The van der Waals surface area contributed by atoms with Crippen LogP contribution in [0.5, 0.6) is 0 Å². The lowest BCUT2D eigenvalue weighted by Crippen LogP contribution is -2.26. The third kappa shape index (κ3) is 3.97. The van der Waals surface area contributed by atoms with Crippen molar-refractivity contribution in [1.29, 1.82) is 0 Å². The van der Waals surface area contributed by atoms with Crippen molar-refractivity contribution in [2.45, 2.75) is 32.6 Å². The van der Waals surface area contributed by atoms with Crippen molar-refractivity contribution in [2.24, 2.45) is 11.0 Å². The molecule has 1 aliphatic rings. The fraction of sp³-hybridized carbons (Fsp3) is 0.231. The highest BCUT2D eigenvalue weighted by Gasteiger charge is 2.60. The molecule has 0 heterocycles. The molecule has 30 heavy (non-hydrogen) atoms. The number of halogens is 1. The first-order valence-electron chi connectivity index (χ1n) is 10.1. The topological polar surface area (TPSA) is 41.5 Å². The third-order valence-corrected chi connectivity index (χ3v) is 6.41. The SMILES string of the molecule is C/C(=N/NC(=O)C1CC1(c1cccc(C)c1)c1cccc(C)c1)c1cccc(Br)c1. The van der Waals surface area contributed by atoms with Crippen LogP contribution in [0.1, 0.15) is 41.2 Å². The van der Waals surface area contributed by atoms with E-state index in [-0.39, 0.29) is 17.2 Å². The molecule has 1 saturated carbocycles. The number of nitrogens with zero attached hydrogens (tertiary/aromatic N) is 1. The van der Waals surface area contributed by atoms with Crippen LogP contribution in [0.25, 0.3) is 0 Å². The van der Waals surface area contributed by atoms with Gasteiger partial charge in [0.25, 0.3) is 0 Å². The number of hydrazone groups is 1. The molecular weight excluding hydrogens is 436 g/mol. The maximum Gasteiger partial charge on any atom is 0.244 e. The van der Waals surface area contributed by atoms with Gasteiger partial charge in [-0.2, -0.15) is 5.10 Å². The van der Waals surface area contributed by atoms with E-state index >= 15 is 0 Å². The number of amides is 1. The summed E-state index contributed by atoms with van der Waals surface area (Å²) in [5.74, 6) is -0.174. The molecule has 0 aliphatic heterocycles. The first-order chi connectivity index (χ1) is 14.4. The summed E-state index contributed by atoms with van der Waals surface area (Å²) >= 11 is 3.48. The lowest BCUT2D eigenvalue weighted by Gasteiger charge is -2.20. The largest absolute Gasteiger partial charge is 0.273 e. The van der Waals surface area contributed by atoms with Crippen LogP contribution in [0.3, 0.4) is 0 Å². The quantitative estimate of drug-likeness (QED) is 0.372. The minimum Gasteiger partial charge on any atom is -0.273 e. The zero-order valence-corrected chi connectivity index (χ0v) is 19.0. The molecule has 4 heteroatoms. The van der Waals surface area contributed by atoms with Gasteiger partial charge in [-0.1, -0.05) is 87.7 Å². The molecule has 0 bridgehead atoms. The molecule has 0 radical (unpaired) electrons. The summed E-state index contributed by atoms with van der Waals surface area (Å²) in [5, 5.41) is 4.38. The van der Waals surface area contributed by atoms with Crippen molar-refractivity contribution in [3.63, 3.8) is 0 Å². The number of nitrogens with one attached hydrogen (secondary N) is 1. The van der Waals surface area contributed by atoms with Gasteiger partial charge < -0.3 is 0 Å². The van der Waals surface area contributed by atoms with Crippen LogP contribution in [0, 0.1) is 19.8 Å². The molecule has 1 unspecified atom stereocenters. The Bertz CT molecular complexity index is 1090. The van der Waals surface area contributed by atoms with E-state index in [2.05, 4.69) is 88.8 Å². The number of hydrogen-bond acceptors (Lipinski definition) is 2. The van der Waals surface area contributed by atoms with Gasteiger partial charge in [-0.15, -0.1) is 0 Å². The second-order valence-corrected chi connectivity index (χ2v) is 9.07. The Balaban J connectivity index is 1.62. The summed E-state index contributed by atoms with van der Waals surface area (Å²) in [6.45, 7) is 6.09. The summed E-state index contributed by atoms with van der Waals surface area (Å²) < 4.78 is 0.987. The smallest absolute Gasteiger partial charge is 0.244 e. The van der Waals surface area contributed by atoms with Crippen LogP contribution in [0.4, 0.5) is 0 Å². The second-order valence-electron chi connectivity index (χ2n) is 8.15. The normalized spacial score (nSPS) is 17.5. The van der Waals surface area contributed by atoms with Gasteiger partial charge in [0.15, 0.2) is 0 Å². The molecule has 1 amide bonds. The number of carbonyl (C=O) groups is 1. The van der Waals surface area contributed by atoms with Gasteiger partial charge in [-0.3, -0.25) is 4.79 Å². The molecule has 3 nitrogen and oxygen atoms in total. The first-order valence-corrected chi connectivity index (χ1v) is 10.9. The molecule has 0 aromatic heterocycles. The summed E-state index contributed by atoms with van der Waals surface area (Å²) in [4.78, 5) is 13.1. The second kappa shape index (κ2) is 8.19. The summed E-state index contributed by atoms with van der Waals surface area (Å²) in [6, 6.07) is 24.9. The Morgan fingerprint density at radius 3 is 2.13 bits per heavy atom. The van der Waals surface area contributed by atoms with Gasteiger partial charge in [-0.05, 0) is 56.0 Å². The van der Waals surface area contributed by atoms with E-state index in [1.165, 1.54) is 22.3 Å². The Morgan fingerprint density at radius 1 is 0.967 bits per heavy atom. The minimum atomic E-state index is -0.290. The van der Waals surface area contributed by atoms with Gasteiger partial charge in [0.05, 0.1) is 11.6 Å². The average Bonchev–Trinajstić information content (AvgIpc) is 3.49. The highest BCUT2D eigenvalue weighted by molar-refractivity contribution is 9.10. The van der Waals surface area contributed by atoms with Crippen LogP contribution < -0.4 is 5.43 Å². The Morgan fingerprint density at radius 2 is 1.57 bits per heavy atom. The van der Waals surface area contributed by atoms with E-state index in [4.69, 9.17) is 0 Å². The molecule has 4 rings (SSSR count). The van der Waals surface area contributed by atoms with Gasteiger partial charge in [0.2, 0.25) is 5.91 Å². The van der Waals surface area contributed by atoms with Crippen molar-refractivity contribution >= 4 is 27.5 Å². The zero-order valence-electron chi connectivity index (χ0n) is 17.4. The van der Waals surface area contributed by atoms with Crippen LogP contribution in [-0.4, -0.2) is 11.6 Å². The monoisotopic (exact) mass is 460 g/mol. The fourth-order valence-electron chi connectivity index (χ4n) is 4.22. The molecule has 1 fully saturated rings. The Labute approximate surface area is 186 Å². The lowest BCUT2D eigenvalue weighted by atomic mass is 9.84. The van der Waals surface area contributed by atoms with Crippen molar-refractivity contribution < 1.29 is 4.79 Å². The van der Waals surface area contributed by atoms with E-state index in [0.717, 1.165) is 22.2 Å². The van der Waals surface area contributed by atoms with E-state index in [0.29, 0.717) is 0 Å². The molecule has 3 aromatic carbocycles. The van der Waals surface area contributed by atoms with Crippen molar-refractivity contribution in [1.82, 2.24) is 5.43 Å². The third-order valence-electron chi connectivity index (χ3n) is 5.92. The highest BCUT2D eigenvalue weighted by Crippen LogP contribution is 2.59. The van der Waals surface area contributed by atoms with Gasteiger partial charge in [-0.25, -0.2) is 5.43 Å². The molecule has 0 spiro atoms. The maximum atomic E-state index is 13.1. The predicted molar refractivity (Wildman–Crippen MR) is 126 cm³/mol. The Hall–Kier alpha value is -2.72. The maximum absolute atomic E-state index is 13.1. The standard InChI is InChI=1S/C26H25BrN2O/c1-17-7-4-10-21(13-17)26(22-11-5-8-18(2)14-22)16-24(26)25(30)29-28-19(3)20-9-6-12-23(27)15-20/h4-15,24H,16H2,1-3H3,(H,29,30)/b28-19-. The van der Waals surface area contributed by atoms with Crippen LogP contribution in [0.15, 0.2) is 82.4 Å². The number of benzene rings is 3. The molecule has 0 saturated heterocycles. The lowest BCUT2D eigenvalue weighted by molar-refractivity contribution is -0.122. The molecule has 3 aromatic rings. The first kappa shape index (κ1) is 20.5. The fourth-order valence-corrected chi connectivity index (χ4v) is 4.62. The number of carbonyl (C=O) groups excluding carboxylic acids is 1. The number of hydrogen-bond donors (Lipinski definition) is 1. The number of aryl methyl sites for hydroxylation is 2. The molecule has 152 valence electrons. The van der Waals surface area contributed by atoms with Crippen molar-refractivity contribution in [2.75, 3.05) is 0 Å². The van der Waals surface area contributed by atoms with E-state index in [1.54, 1.807) is 0 Å². The summed E-state index contributed by atoms with van der Waals surface area (Å²) in [6.07, 6.45) is 0.789. The van der Waals surface area contributed by atoms with Gasteiger partial charge >= 0.3 is 0 Å². The highest BCUT2D eigenvalue weighted by atomic mass is 79.9. The molecule has 1 N–H and O–H groups in total. The van der Waals surface area contributed by atoms with Crippen LogP contribution in [0.2, 0.25) is 0 Å². The number of rotatable bonds is 5. The van der Waals surface area contributed by atoms with Gasteiger partial charge in [0.1, 0.15) is 0 Å². The average molecular weight is 461 g/mol. The molecular formula is C26H25BrN2O. The Kier molecular flexibility index (Phi) is 5.61. The molecule has 1 atom stereocenters. The van der Waals surface area contributed by atoms with E-state index in [1.807, 2.05) is 31.2 Å². The molecule has 1 aliphatic carbocycles. The van der Waals surface area contributed by atoms with Crippen molar-refractivity contribution in [3.8, 4) is 0 Å². The van der Waals surface area contributed by atoms with E-state index < -0.39 is 0 Å².